The monoisotopic (exact) mass is 460 g/mol. The predicted octanol–water partition coefficient (Wildman–Crippen LogP) is 7.41. The maximum Gasteiger partial charge on any atom is 0.409 e. The van der Waals surface area contributed by atoms with Crippen molar-refractivity contribution >= 4 is 16.6 Å². The van der Waals surface area contributed by atoms with Gasteiger partial charge in [-0.3, -0.25) is 4.79 Å². The zero-order chi connectivity index (χ0) is 24.3. The number of hydrogen-bond donors (Lipinski definition) is 0. The molecule has 34 heavy (non-hydrogen) atoms. The van der Waals surface area contributed by atoms with E-state index in [-0.39, 0.29) is 16.7 Å². The molecule has 0 heterocycles. The van der Waals surface area contributed by atoms with Gasteiger partial charge in [0.2, 0.25) is 0 Å². The second-order valence-electron chi connectivity index (χ2n) is 8.19. The van der Waals surface area contributed by atoms with Crippen molar-refractivity contribution in [3.63, 3.8) is 0 Å². The number of rotatable bonds is 4. The predicted molar refractivity (Wildman–Crippen MR) is 125 cm³/mol. The van der Waals surface area contributed by atoms with E-state index in [0.29, 0.717) is 0 Å². The molecule has 0 aliphatic carbocycles. The Hall–Kier alpha value is -3.91. The maximum atomic E-state index is 14.7. The van der Waals surface area contributed by atoms with E-state index in [0.717, 1.165) is 28.5 Å². The minimum absolute atomic E-state index is 0.116. The molecule has 0 N–H and O–H groups in total. The van der Waals surface area contributed by atoms with Gasteiger partial charge in [-0.25, -0.2) is 4.39 Å². The summed E-state index contributed by atoms with van der Waals surface area (Å²) in [5.74, 6) is 3.71. The quantitative estimate of drug-likeness (QED) is 0.176. The molecular weight excluding hydrogens is 440 g/mol. The van der Waals surface area contributed by atoms with Gasteiger partial charge in [0.05, 0.1) is 0 Å². The normalized spacial score (nSPS) is 13.1. The van der Waals surface area contributed by atoms with Gasteiger partial charge in [-0.1, -0.05) is 78.1 Å². The highest BCUT2D eigenvalue weighted by Crippen LogP contribution is 2.44. The van der Waals surface area contributed by atoms with E-state index < -0.39 is 29.6 Å². The Labute approximate surface area is 195 Å². The van der Waals surface area contributed by atoms with Gasteiger partial charge in [0.25, 0.3) is 0 Å². The Morgan fingerprint density at radius 2 is 1.47 bits per heavy atom. The number of fused-ring (bicyclic) bond motifs is 1. The topological polar surface area (TPSA) is 17.1 Å². The molecule has 0 fully saturated rings. The number of hydrogen-bond acceptors (Lipinski definition) is 1. The van der Waals surface area contributed by atoms with Gasteiger partial charge < -0.3 is 0 Å². The van der Waals surface area contributed by atoms with Crippen LogP contribution in [0.4, 0.5) is 17.6 Å². The van der Waals surface area contributed by atoms with Crippen LogP contribution in [0.2, 0.25) is 0 Å². The number of carbonyl (C=O) groups excluding carboxylic acids is 1. The van der Waals surface area contributed by atoms with Crippen molar-refractivity contribution in [3.8, 4) is 11.8 Å². The zero-order valence-electron chi connectivity index (χ0n) is 18.3. The average molecular weight is 460 g/mol. The molecule has 1 unspecified atom stereocenters. The molecule has 0 saturated carbocycles. The van der Waals surface area contributed by atoms with Gasteiger partial charge in [-0.15, -0.1) is 0 Å². The summed E-state index contributed by atoms with van der Waals surface area (Å²) in [6.07, 6.45) is -5.73. The number of halogens is 4. The molecule has 4 aromatic rings. The molecule has 5 heteroatoms. The van der Waals surface area contributed by atoms with Crippen molar-refractivity contribution < 1.29 is 22.4 Å². The minimum Gasteiger partial charge on any atom is -0.294 e. The van der Waals surface area contributed by atoms with Gasteiger partial charge in [0.15, 0.2) is 11.2 Å². The third-order valence-corrected chi connectivity index (χ3v) is 5.79. The first kappa shape index (κ1) is 23.3. The van der Waals surface area contributed by atoms with E-state index in [1.165, 1.54) is 30.3 Å². The van der Waals surface area contributed by atoms with Gasteiger partial charge in [0, 0.05) is 17.5 Å². The lowest BCUT2D eigenvalue weighted by Gasteiger charge is -2.31. The van der Waals surface area contributed by atoms with Crippen LogP contribution in [-0.2, 0) is 5.41 Å². The summed E-state index contributed by atoms with van der Waals surface area (Å²) in [4.78, 5) is 13.2. The standard InChI is InChI=1S/C29H20F4O/c1-20-6-12-25(13-7-20)28(29(31,32)33,17-16-21-8-14-26(30)15-9-21)19-27(34)24-11-10-22-4-2-3-5-23(22)18-24/h2-15,18H,19H2,1H3. The molecule has 0 aromatic heterocycles. The van der Waals surface area contributed by atoms with Crippen LogP contribution < -0.4 is 0 Å². The van der Waals surface area contributed by atoms with Crippen LogP contribution in [0.3, 0.4) is 0 Å². The largest absolute Gasteiger partial charge is 0.409 e. The molecule has 0 aliphatic heterocycles. The molecule has 0 bridgehead atoms. The van der Waals surface area contributed by atoms with E-state index in [9.17, 15) is 22.4 Å². The highest BCUT2D eigenvalue weighted by atomic mass is 19.4. The second kappa shape index (κ2) is 9.15. The van der Waals surface area contributed by atoms with E-state index in [2.05, 4.69) is 11.8 Å². The molecular formula is C29H20F4O. The molecule has 0 spiro atoms. The minimum atomic E-state index is -4.85. The van der Waals surface area contributed by atoms with E-state index in [4.69, 9.17) is 0 Å². The van der Waals surface area contributed by atoms with Crippen molar-refractivity contribution in [3.05, 3.63) is 119 Å². The third-order valence-electron chi connectivity index (χ3n) is 5.79. The maximum absolute atomic E-state index is 14.7. The Bertz CT molecular complexity index is 1390. The molecule has 0 amide bonds. The molecule has 170 valence electrons. The van der Waals surface area contributed by atoms with Gasteiger partial charge in [-0.05, 0) is 53.6 Å². The van der Waals surface area contributed by atoms with Crippen LogP contribution in [0.1, 0.15) is 33.5 Å². The lowest BCUT2D eigenvalue weighted by atomic mass is 9.74. The Kier molecular flexibility index (Phi) is 6.26. The van der Waals surface area contributed by atoms with E-state index in [1.807, 2.05) is 12.1 Å². The summed E-state index contributed by atoms with van der Waals surface area (Å²) < 4.78 is 57.5. The van der Waals surface area contributed by atoms with Gasteiger partial charge >= 0.3 is 6.18 Å². The first-order valence-corrected chi connectivity index (χ1v) is 10.6. The molecule has 0 saturated heterocycles. The van der Waals surface area contributed by atoms with Gasteiger partial charge in [-0.2, -0.15) is 13.2 Å². The van der Waals surface area contributed by atoms with Crippen LogP contribution in [0.5, 0.6) is 0 Å². The van der Waals surface area contributed by atoms with Crippen molar-refractivity contribution in [2.75, 3.05) is 0 Å². The fourth-order valence-electron chi connectivity index (χ4n) is 3.81. The Morgan fingerprint density at radius 3 is 2.12 bits per heavy atom. The highest BCUT2D eigenvalue weighted by molar-refractivity contribution is 6.01. The summed E-state index contributed by atoms with van der Waals surface area (Å²) in [5.41, 5.74) is -1.66. The highest BCUT2D eigenvalue weighted by Gasteiger charge is 2.56. The average Bonchev–Trinajstić information content (AvgIpc) is 2.82. The smallest absolute Gasteiger partial charge is 0.294 e. The zero-order valence-corrected chi connectivity index (χ0v) is 18.3. The van der Waals surface area contributed by atoms with Crippen LogP contribution in [0, 0.1) is 24.6 Å². The van der Waals surface area contributed by atoms with Gasteiger partial charge in [0.1, 0.15) is 5.82 Å². The van der Waals surface area contributed by atoms with Crippen molar-refractivity contribution in [2.45, 2.75) is 24.9 Å². The van der Waals surface area contributed by atoms with Crippen molar-refractivity contribution in [2.24, 2.45) is 0 Å². The van der Waals surface area contributed by atoms with Crippen LogP contribution in [-0.4, -0.2) is 12.0 Å². The molecule has 0 radical (unpaired) electrons. The number of benzene rings is 4. The fourth-order valence-corrected chi connectivity index (χ4v) is 3.81. The van der Waals surface area contributed by atoms with E-state index in [1.54, 1.807) is 43.3 Å². The van der Waals surface area contributed by atoms with E-state index >= 15 is 0 Å². The molecule has 4 aromatic carbocycles. The van der Waals surface area contributed by atoms with Crippen molar-refractivity contribution in [1.29, 1.82) is 0 Å². The second-order valence-corrected chi connectivity index (χ2v) is 8.19. The summed E-state index contributed by atoms with van der Waals surface area (Å²) in [5, 5.41) is 1.65. The van der Waals surface area contributed by atoms with Crippen LogP contribution >= 0.6 is 0 Å². The number of Topliss-reactive ketones (excluding diaryl/α,β-unsaturated/α-hetero) is 1. The Balaban J connectivity index is 1.83. The number of aryl methyl sites for hydroxylation is 1. The first-order chi connectivity index (χ1) is 16.2. The summed E-state index contributed by atoms with van der Waals surface area (Å²) in [6, 6.07) is 22.9. The first-order valence-electron chi connectivity index (χ1n) is 10.6. The number of ketones is 1. The lowest BCUT2D eigenvalue weighted by molar-refractivity contribution is -0.172. The number of carbonyl (C=O) groups is 1. The summed E-state index contributed by atoms with van der Waals surface area (Å²) in [7, 11) is 0. The molecule has 4 rings (SSSR count). The SMILES string of the molecule is Cc1ccc(C(C#Cc2ccc(F)cc2)(CC(=O)c2ccc3ccccc3c2)C(F)(F)F)cc1. The van der Waals surface area contributed by atoms with Crippen LogP contribution in [0.25, 0.3) is 10.8 Å². The van der Waals surface area contributed by atoms with Crippen molar-refractivity contribution in [1.82, 2.24) is 0 Å². The third kappa shape index (κ3) is 4.72. The number of alkyl halides is 3. The van der Waals surface area contributed by atoms with Crippen LogP contribution in [0.15, 0.2) is 91.0 Å². The molecule has 0 aliphatic rings. The summed E-state index contributed by atoms with van der Waals surface area (Å²) in [6.45, 7) is 1.77. The molecule has 1 atom stereocenters. The lowest BCUT2D eigenvalue weighted by Crippen LogP contribution is -2.43. The fraction of sp³-hybridized carbons (Fsp3) is 0.138. The summed E-state index contributed by atoms with van der Waals surface area (Å²) >= 11 is 0. The molecule has 1 nitrogen and oxygen atoms in total. The Morgan fingerprint density at radius 1 is 0.824 bits per heavy atom.